The predicted octanol–water partition coefficient (Wildman–Crippen LogP) is 14.9. The molecule has 1 fully saturated rings. The first-order valence-electron chi connectivity index (χ1n) is 19.0. The van der Waals surface area contributed by atoms with Crippen molar-refractivity contribution in [3.05, 3.63) is 197 Å². The molecule has 0 N–H and O–H groups in total. The van der Waals surface area contributed by atoms with Crippen LogP contribution in [0.5, 0.6) is 0 Å². The number of fused-ring (bicyclic) bond motifs is 1. The van der Waals surface area contributed by atoms with Gasteiger partial charge in [-0.1, -0.05) is 144 Å². The normalized spacial score (nSPS) is 13.0. The molecule has 0 bridgehead atoms. The average molecular weight is 687 g/mol. The number of benzene rings is 7. The maximum atomic E-state index is 2.39. The molecule has 2 heteroatoms. The Kier molecular flexibility index (Phi) is 10.0. The highest BCUT2D eigenvalue weighted by Gasteiger charge is 2.20. The van der Waals surface area contributed by atoms with Crippen LogP contribution in [0.1, 0.15) is 59.9 Å². The molecule has 0 heterocycles. The summed E-state index contributed by atoms with van der Waals surface area (Å²) in [6, 6.07) is 59.5. The highest BCUT2D eigenvalue weighted by Crippen LogP contribution is 2.45. The maximum Gasteiger partial charge on any atom is 0.0541 e. The molecule has 7 aromatic carbocycles. The third-order valence-electron chi connectivity index (χ3n) is 10.4. The van der Waals surface area contributed by atoms with Crippen LogP contribution in [0.4, 0.5) is 34.1 Å². The van der Waals surface area contributed by atoms with Crippen LogP contribution in [0.25, 0.3) is 29.0 Å². The first-order chi connectivity index (χ1) is 26.1. The number of hydrogen-bond donors (Lipinski definition) is 0. The van der Waals surface area contributed by atoms with E-state index in [1.807, 2.05) is 0 Å². The van der Waals surface area contributed by atoms with Crippen molar-refractivity contribution in [2.45, 2.75) is 46.0 Å². The van der Waals surface area contributed by atoms with Crippen LogP contribution in [0.15, 0.2) is 169 Å². The second kappa shape index (κ2) is 15.6. The average Bonchev–Trinajstić information content (AvgIpc) is 3.21. The summed E-state index contributed by atoms with van der Waals surface area (Å²) in [5, 5.41) is 2.37. The fourth-order valence-corrected chi connectivity index (χ4v) is 7.49. The minimum absolute atomic E-state index is 1.11. The van der Waals surface area contributed by atoms with Crippen LogP contribution in [-0.4, -0.2) is 0 Å². The lowest BCUT2D eigenvalue weighted by Gasteiger charge is -2.30. The Morgan fingerprint density at radius 3 is 1.26 bits per heavy atom. The second-order valence-electron chi connectivity index (χ2n) is 14.3. The quantitative estimate of drug-likeness (QED) is 0.139. The van der Waals surface area contributed by atoms with Gasteiger partial charge in [0.05, 0.1) is 11.4 Å². The van der Waals surface area contributed by atoms with Crippen molar-refractivity contribution in [1.82, 2.24) is 0 Å². The predicted molar refractivity (Wildman–Crippen MR) is 229 cm³/mol. The lowest BCUT2D eigenvalue weighted by Crippen LogP contribution is -2.13. The second-order valence-corrected chi connectivity index (χ2v) is 14.3. The van der Waals surface area contributed by atoms with E-state index < -0.39 is 0 Å². The number of nitrogens with zero attached hydrogens (tertiary/aromatic N) is 2. The molecule has 0 aromatic heterocycles. The minimum Gasteiger partial charge on any atom is -0.310 e. The molecule has 7 aromatic rings. The summed E-state index contributed by atoms with van der Waals surface area (Å²) in [7, 11) is 0. The van der Waals surface area contributed by atoms with E-state index in [9.17, 15) is 0 Å². The minimum atomic E-state index is 1.11. The molecule has 0 atom stereocenters. The molecule has 1 saturated carbocycles. The van der Waals surface area contributed by atoms with Gasteiger partial charge < -0.3 is 9.80 Å². The monoisotopic (exact) mass is 686 g/mol. The molecule has 0 spiro atoms. The molecule has 8 rings (SSSR count). The number of hydrogen-bond acceptors (Lipinski definition) is 2. The van der Waals surface area contributed by atoms with Gasteiger partial charge in [0.1, 0.15) is 0 Å². The standard InChI is InChI=1S/C51H46N2/c1-38-17-29-45(30-18-38)52(44-13-7-4-8-14-44)50-35-36-51(49-16-10-9-15-48(49)50)53(46-31-19-39(2)20-32-46)47-33-27-41(28-34-47)22-21-40-23-25-43(26-24-40)37-42-11-5-3-6-12-42/h4,7-10,13-37H,3,5-6,11-12H2,1-2H3/b22-21+. The van der Waals surface area contributed by atoms with Gasteiger partial charge in [-0.05, 0) is 117 Å². The van der Waals surface area contributed by atoms with Gasteiger partial charge in [0.2, 0.25) is 0 Å². The summed E-state index contributed by atoms with van der Waals surface area (Å²) in [6.07, 6.45) is 13.4. The molecule has 0 radical (unpaired) electrons. The highest BCUT2D eigenvalue weighted by molar-refractivity contribution is 6.07. The maximum absolute atomic E-state index is 2.39. The molecule has 0 aliphatic heterocycles. The lowest BCUT2D eigenvalue weighted by molar-refractivity contribution is 0.602. The smallest absolute Gasteiger partial charge is 0.0541 e. The molecule has 0 unspecified atom stereocenters. The molecule has 1 aliphatic carbocycles. The van der Waals surface area contributed by atoms with Crippen LogP contribution < -0.4 is 9.80 Å². The number of para-hydroxylation sites is 1. The molecule has 260 valence electrons. The number of aryl methyl sites for hydroxylation is 2. The van der Waals surface area contributed by atoms with Crippen LogP contribution in [0.2, 0.25) is 0 Å². The van der Waals surface area contributed by atoms with Gasteiger partial charge in [-0.25, -0.2) is 0 Å². The van der Waals surface area contributed by atoms with E-state index in [2.05, 4.69) is 206 Å². The summed E-state index contributed by atoms with van der Waals surface area (Å²) in [5.41, 5.74) is 14.5. The van der Waals surface area contributed by atoms with Gasteiger partial charge in [-0.2, -0.15) is 0 Å². The van der Waals surface area contributed by atoms with Crippen molar-refractivity contribution in [2.24, 2.45) is 0 Å². The summed E-state index contributed by atoms with van der Waals surface area (Å²) < 4.78 is 0. The zero-order chi connectivity index (χ0) is 36.0. The summed E-state index contributed by atoms with van der Waals surface area (Å²) in [6.45, 7) is 4.28. The van der Waals surface area contributed by atoms with Crippen molar-refractivity contribution in [3.63, 3.8) is 0 Å². The van der Waals surface area contributed by atoms with Crippen LogP contribution >= 0.6 is 0 Å². The van der Waals surface area contributed by atoms with E-state index >= 15 is 0 Å². The van der Waals surface area contributed by atoms with E-state index in [0.717, 1.165) is 34.1 Å². The van der Waals surface area contributed by atoms with Crippen molar-refractivity contribution < 1.29 is 0 Å². The zero-order valence-electron chi connectivity index (χ0n) is 30.8. The molecule has 1 aliphatic rings. The zero-order valence-corrected chi connectivity index (χ0v) is 30.8. The lowest BCUT2D eigenvalue weighted by atomic mass is 9.93. The van der Waals surface area contributed by atoms with Crippen molar-refractivity contribution >= 4 is 63.1 Å². The SMILES string of the molecule is Cc1ccc(N(c2ccccc2)c2ccc(N(c3ccc(C)cc3)c3ccc(/C=C/c4ccc(C=C5CCCCC5)cc4)cc3)c3ccccc23)cc1. The summed E-state index contributed by atoms with van der Waals surface area (Å²) in [4.78, 5) is 4.75. The third kappa shape index (κ3) is 7.73. The largest absolute Gasteiger partial charge is 0.310 e. The van der Waals surface area contributed by atoms with E-state index in [4.69, 9.17) is 0 Å². The van der Waals surface area contributed by atoms with E-state index in [0.29, 0.717) is 0 Å². The van der Waals surface area contributed by atoms with Crippen molar-refractivity contribution in [2.75, 3.05) is 9.80 Å². The molecular formula is C51H46N2. The van der Waals surface area contributed by atoms with Crippen LogP contribution in [0.3, 0.4) is 0 Å². The van der Waals surface area contributed by atoms with Gasteiger partial charge in [-0.3, -0.25) is 0 Å². The molecule has 53 heavy (non-hydrogen) atoms. The molecule has 2 nitrogen and oxygen atoms in total. The Hall–Kier alpha value is -6.12. The Bertz CT molecular complexity index is 2340. The number of rotatable bonds is 9. The topological polar surface area (TPSA) is 6.48 Å². The van der Waals surface area contributed by atoms with Gasteiger partial charge in [0.25, 0.3) is 0 Å². The van der Waals surface area contributed by atoms with E-state index in [-0.39, 0.29) is 0 Å². The summed E-state index contributed by atoms with van der Waals surface area (Å²) in [5.74, 6) is 0. The number of anilines is 6. The van der Waals surface area contributed by atoms with Crippen LogP contribution in [0, 0.1) is 13.8 Å². The third-order valence-corrected chi connectivity index (χ3v) is 10.4. The fraction of sp³-hybridized carbons (Fsp3) is 0.137. The van der Waals surface area contributed by atoms with Crippen molar-refractivity contribution in [3.8, 4) is 0 Å². The van der Waals surface area contributed by atoms with Crippen molar-refractivity contribution in [1.29, 1.82) is 0 Å². The number of allylic oxidation sites excluding steroid dienone is 1. The van der Waals surface area contributed by atoms with Gasteiger partial charge in [0.15, 0.2) is 0 Å². The highest BCUT2D eigenvalue weighted by atomic mass is 15.2. The molecule has 0 saturated heterocycles. The molecular weight excluding hydrogens is 641 g/mol. The Labute approximate surface area is 315 Å². The van der Waals surface area contributed by atoms with Gasteiger partial charge in [0, 0.05) is 33.5 Å². The first-order valence-corrected chi connectivity index (χ1v) is 19.0. The van der Waals surface area contributed by atoms with Gasteiger partial charge in [-0.15, -0.1) is 0 Å². The fourth-order valence-electron chi connectivity index (χ4n) is 7.49. The Morgan fingerprint density at radius 1 is 0.377 bits per heavy atom. The van der Waals surface area contributed by atoms with E-state index in [1.165, 1.54) is 70.7 Å². The Balaban J connectivity index is 1.15. The van der Waals surface area contributed by atoms with Gasteiger partial charge >= 0.3 is 0 Å². The summed E-state index contributed by atoms with van der Waals surface area (Å²) >= 11 is 0. The first kappa shape index (κ1) is 34.0. The van der Waals surface area contributed by atoms with Crippen LogP contribution in [-0.2, 0) is 0 Å². The molecule has 0 amide bonds. The Morgan fingerprint density at radius 2 is 0.774 bits per heavy atom. The van der Waals surface area contributed by atoms with E-state index in [1.54, 1.807) is 5.57 Å².